The van der Waals surface area contributed by atoms with Crippen LogP contribution in [-0.4, -0.2) is 36.0 Å². The summed E-state index contributed by atoms with van der Waals surface area (Å²) in [7, 11) is 0. The number of carbonyl (C=O) groups excluding carboxylic acids is 2. The van der Waals surface area contributed by atoms with Gasteiger partial charge in [0.2, 0.25) is 0 Å². The molecule has 0 aromatic heterocycles. The van der Waals surface area contributed by atoms with Gasteiger partial charge in [0.05, 0.1) is 5.92 Å². The van der Waals surface area contributed by atoms with Gasteiger partial charge in [-0.2, -0.15) is 0 Å². The quantitative estimate of drug-likeness (QED) is 0.671. The lowest BCUT2D eigenvalue weighted by molar-refractivity contribution is -0.157. The third-order valence-electron chi connectivity index (χ3n) is 5.21. The summed E-state index contributed by atoms with van der Waals surface area (Å²) in [6.45, 7) is 0.0120. The zero-order chi connectivity index (χ0) is 20.4. The van der Waals surface area contributed by atoms with Crippen molar-refractivity contribution in [2.75, 3.05) is 13.2 Å². The highest BCUT2D eigenvalue weighted by molar-refractivity contribution is 6.30. The van der Waals surface area contributed by atoms with E-state index in [9.17, 15) is 14.0 Å². The van der Waals surface area contributed by atoms with Crippen LogP contribution in [-0.2, 0) is 27.3 Å². The molecule has 1 aliphatic carbocycles. The Labute approximate surface area is 173 Å². The molecule has 0 saturated heterocycles. The van der Waals surface area contributed by atoms with Crippen molar-refractivity contribution in [3.05, 3.63) is 64.4 Å². The van der Waals surface area contributed by atoms with Gasteiger partial charge in [-0.25, -0.2) is 4.39 Å². The number of halogens is 2. The Hall–Kier alpha value is -2.60. The van der Waals surface area contributed by atoms with Gasteiger partial charge in [-0.3, -0.25) is 9.59 Å². The monoisotopic (exact) mass is 417 g/mol. The first kappa shape index (κ1) is 19.7. The van der Waals surface area contributed by atoms with Crippen LogP contribution >= 0.6 is 11.6 Å². The lowest BCUT2D eigenvalue weighted by atomic mass is 9.97. The van der Waals surface area contributed by atoms with Crippen molar-refractivity contribution in [3.8, 4) is 5.75 Å². The van der Waals surface area contributed by atoms with Gasteiger partial charge in [0, 0.05) is 23.2 Å². The van der Waals surface area contributed by atoms with Crippen molar-refractivity contribution in [1.29, 1.82) is 0 Å². The van der Waals surface area contributed by atoms with Crippen molar-refractivity contribution in [3.63, 3.8) is 0 Å². The molecular formula is C22H21ClFNO4. The van der Waals surface area contributed by atoms with E-state index < -0.39 is 11.9 Å². The van der Waals surface area contributed by atoms with Gasteiger partial charge in [0.25, 0.3) is 5.91 Å². The zero-order valence-corrected chi connectivity index (χ0v) is 16.5. The molecule has 0 spiro atoms. The number of ether oxygens (including phenoxy) is 2. The summed E-state index contributed by atoms with van der Waals surface area (Å²) in [6, 6.07) is 11.7. The molecule has 0 bridgehead atoms. The van der Waals surface area contributed by atoms with Crippen molar-refractivity contribution >= 4 is 23.5 Å². The van der Waals surface area contributed by atoms with Gasteiger partial charge >= 0.3 is 5.97 Å². The first-order chi connectivity index (χ1) is 14.0. The topological polar surface area (TPSA) is 55.8 Å². The van der Waals surface area contributed by atoms with Gasteiger partial charge in [-0.1, -0.05) is 29.8 Å². The van der Waals surface area contributed by atoms with E-state index in [1.807, 2.05) is 0 Å². The van der Waals surface area contributed by atoms with E-state index in [-0.39, 0.29) is 37.5 Å². The third kappa shape index (κ3) is 4.70. The number of benzene rings is 2. The molecule has 2 aromatic carbocycles. The van der Waals surface area contributed by atoms with Crippen LogP contribution in [0.25, 0.3) is 0 Å². The van der Waals surface area contributed by atoms with Crippen LogP contribution in [0.3, 0.4) is 0 Å². The standard InChI is InChI=1S/C22H21ClFNO4/c23-17-5-8-20-15(10-17)9-16(12-28-20)22(27)29-13-21(26)25(18-6-7-18)11-14-3-1-2-4-19(14)24/h1-5,8,10,16,18H,6-7,9,11-13H2/t16-/m0/s1. The van der Waals surface area contributed by atoms with E-state index in [1.54, 1.807) is 41.3 Å². The van der Waals surface area contributed by atoms with Gasteiger partial charge in [-0.15, -0.1) is 0 Å². The molecule has 1 atom stereocenters. The average molecular weight is 418 g/mol. The van der Waals surface area contributed by atoms with Crippen LogP contribution in [0.4, 0.5) is 4.39 Å². The highest BCUT2D eigenvalue weighted by atomic mass is 35.5. The van der Waals surface area contributed by atoms with Gasteiger partial charge < -0.3 is 14.4 Å². The summed E-state index contributed by atoms with van der Waals surface area (Å²) in [5.41, 5.74) is 1.30. The molecule has 2 aromatic rings. The van der Waals surface area contributed by atoms with Crippen LogP contribution < -0.4 is 4.74 Å². The average Bonchev–Trinajstić information content (AvgIpc) is 3.55. The van der Waals surface area contributed by atoms with E-state index in [1.165, 1.54) is 6.07 Å². The molecular weight excluding hydrogens is 397 g/mol. The summed E-state index contributed by atoms with van der Waals surface area (Å²) in [5.74, 6) is -0.927. The van der Waals surface area contributed by atoms with E-state index in [0.717, 1.165) is 18.4 Å². The lowest BCUT2D eigenvalue weighted by Crippen LogP contribution is -2.38. The minimum absolute atomic E-state index is 0.0767. The summed E-state index contributed by atoms with van der Waals surface area (Å²) < 4.78 is 24.8. The minimum atomic E-state index is -0.491. The van der Waals surface area contributed by atoms with E-state index in [4.69, 9.17) is 21.1 Å². The normalized spacial score (nSPS) is 17.8. The fourth-order valence-corrected chi connectivity index (χ4v) is 3.66. The predicted molar refractivity (Wildman–Crippen MR) is 105 cm³/mol. The molecule has 0 N–H and O–H groups in total. The fraction of sp³-hybridized carbons (Fsp3) is 0.364. The Morgan fingerprint density at radius 3 is 2.76 bits per heavy atom. The number of hydrogen-bond donors (Lipinski definition) is 0. The molecule has 7 heteroatoms. The number of esters is 1. The molecule has 4 rings (SSSR count). The number of rotatable bonds is 6. The highest BCUT2D eigenvalue weighted by Crippen LogP contribution is 2.31. The Bertz CT molecular complexity index is 931. The number of hydrogen-bond acceptors (Lipinski definition) is 4. The zero-order valence-electron chi connectivity index (χ0n) is 15.8. The van der Waals surface area contributed by atoms with Gasteiger partial charge in [0.1, 0.15) is 18.2 Å². The summed E-state index contributed by atoms with van der Waals surface area (Å²) in [4.78, 5) is 26.7. The molecule has 0 radical (unpaired) electrons. The van der Waals surface area contributed by atoms with Crippen LogP contribution in [0.1, 0.15) is 24.0 Å². The first-order valence-electron chi connectivity index (χ1n) is 9.62. The predicted octanol–water partition coefficient (Wildman–Crippen LogP) is 3.76. The van der Waals surface area contributed by atoms with E-state index in [0.29, 0.717) is 22.8 Å². The maximum Gasteiger partial charge on any atom is 0.313 e. The molecule has 1 aliphatic heterocycles. The number of amides is 1. The van der Waals surface area contributed by atoms with Gasteiger partial charge in [0.15, 0.2) is 6.61 Å². The molecule has 0 unspecified atom stereocenters. The van der Waals surface area contributed by atoms with Crippen molar-refractivity contribution in [2.45, 2.75) is 31.8 Å². The Morgan fingerprint density at radius 2 is 2.00 bits per heavy atom. The molecule has 1 saturated carbocycles. The molecule has 2 aliphatic rings. The molecule has 152 valence electrons. The molecule has 1 amide bonds. The Kier molecular flexibility index (Phi) is 5.72. The number of nitrogens with zero attached hydrogens (tertiary/aromatic N) is 1. The van der Waals surface area contributed by atoms with Crippen LogP contribution in [0.15, 0.2) is 42.5 Å². The smallest absolute Gasteiger partial charge is 0.313 e. The maximum atomic E-state index is 14.0. The van der Waals surface area contributed by atoms with E-state index in [2.05, 4.69) is 0 Å². The van der Waals surface area contributed by atoms with Crippen molar-refractivity contribution < 1.29 is 23.5 Å². The first-order valence-corrected chi connectivity index (χ1v) is 10.00. The summed E-state index contributed by atoms with van der Waals surface area (Å²) in [5, 5.41) is 0.574. The molecule has 29 heavy (non-hydrogen) atoms. The largest absolute Gasteiger partial charge is 0.492 e. The number of fused-ring (bicyclic) bond motifs is 1. The van der Waals surface area contributed by atoms with Crippen molar-refractivity contribution in [2.24, 2.45) is 5.92 Å². The van der Waals surface area contributed by atoms with E-state index >= 15 is 0 Å². The van der Waals surface area contributed by atoms with Crippen LogP contribution in [0.5, 0.6) is 5.75 Å². The molecule has 1 heterocycles. The fourth-order valence-electron chi connectivity index (χ4n) is 3.47. The Morgan fingerprint density at radius 1 is 1.21 bits per heavy atom. The highest BCUT2D eigenvalue weighted by Gasteiger charge is 2.34. The molecule has 1 fully saturated rings. The number of carbonyl (C=O) groups is 2. The molecule has 5 nitrogen and oxygen atoms in total. The Balaban J connectivity index is 1.34. The SMILES string of the molecule is O=C(OCC(=O)N(Cc1ccccc1F)C1CC1)[C@@H]1COc2ccc(Cl)cc2C1. The summed E-state index contributed by atoms with van der Waals surface area (Å²) >= 11 is 6.01. The van der Waals surface area contributed by atoms with Crippen LogP contribution in [0, 0.1) is 11.7 Å². The second-order valence-corrected chi connectivity index (χ2v) is 7.85. The minimum Gasteiger partial charge on any atom is -0.492 e. The maximum absolute atomic E-state index is 14.0. The second kappa shape index (κ2) is 8.41. The third-order valence-corrected chi connectivity index (χ3v) is 5.44. The van der Waals surface area contributed by atoms with Crippen LogP contribution in [0.2, 0.25) is 5.02 Å². The second-order valence-electron chi connectivity index (χ2n) is 7.42. The summed E-state index contributed by atoms with van der Waals surface area (Å²) in [6.07, 6.45) is 2.20. The van der Waals surface area contributed by atoms with Crippen molar-refractivity contribution in [1.82, 2.24) is 4.90 Å². The lowest BCUT2D eigenvalue weighted by Gasteiger charge is -2.25. The van der Waals surface area contributed by atoms with Gasteiger partial charge in [-0.05, 0) is 49.1 Å².